The molecule has 3 rings (SSSR count). The maximum Gasteiger partial charge on any atom is 0.407 e. The molecule has 10 heteroatoms. The normalized spacial score (nSPS) is 18.4. The first-order chi connectivity index (χ1) is 15.3. The molecule has 0 spiro atoms. The molecular weight excluding hydrogens is 416 g/mol. The van der Waals surface area contributed by atoms with E-state index < -0.39 is 12.0 Å². The number of ether oxygens (including phenoxy) is 2. The fourth-order valence-electron chi connectivity index (χ4n) is 3.92. The standard InChI is InChI=1S/C22H33N4O6/c1-24(2)12-13-31-22(29)23-16-8-10-25(11-9-16)14-17(27)15-32-20-5-3-4-19-18(20)6-7-21(28)26(19)30/h3-5,16-17,27H,6-15H2,1-2H3,(H,23,29)/q-1. The van der Waals surface area contributed by atoms with Crippen molar-refractivity contribution in [2.75, 3.05) is 58.6 Å². The molecule has 1 saturated heterocycles. The Labute approximate surface area is 188 Å². The van der Waals surface area contributed by atoms with Crippen molar-refractivity contribution in [2.45, 2.75) is 37.8 Å². The van der Waals surface area contributed by atoms with E-state index in [1.807, 2.05) is 19.0 Å². The van der Waals surface area contributed by atoms with Gasteiger partial charge in [0.1, 0.15) is 25.1 Å². The number of carbonyl (C=O) groups excluding carboxylic acids is 2. The van der Waals surface area contributed by atoms with Crippen molar-refractivity contribution in [2.24, 2.45) is 0 Å². The predicted octanol–water partition coefficient (Wildman–Crippen LogP) is 0.956. The third-order valence-corrected chi connectivity index (χ3v) is 5.72. The Morgan fingerprint density at radius 2 is 2.06 bits per heavy atom. The highest BCUT2D eigenvalue weighted by Gasteiger charge is 2.24. The summed E-state index contributed by atoms with van der Waals surface area (Å²) in [5.74, 6) is 0.0833. The van der Waals surface area contributed by atoms with Gasteiger partial charge in [0.2, 0.25) is 5.91 Å². The molecule has 2 N–H and O–H groups in total. The second-order valence-electron chi connectivity index (χ2n) is 8.57. The third-order valence-electron chi connectivity index (χ3n) is 5.72. The fourth-order valence-corrected chi connectivity index (χ4v) is 3.92. The summed E-state index contributed by atoms with van der Waals surface area (Å²) in [6, 6.07) is 5.11. The lowest BCUT2D eigenvalue weighted by Crippen LogP contribution is -2.47. The van der Waals surface area contributed by atoms with Gasteiger partial charge in [0.25, 0.3) is 0 Å². The van der Waals surface area contributed by atoms with Gasteiger partial charge in [-0.3, -0.25) is 4.79 Å². The minimum absolute atomic E-state index is 0.0695. The molecule has 1 fully saturated rings. The van der Waals surface area contributed by atoms with E-state index in [0.717, 1.165) is 25.9 Å². The Kier molecular flexibility index (Phi) is 8.68. The molecule has 0 bridgehead atoms. The second kappa shape index (κ2) is 11.5. The number of likely N-dealkylation sites (tertiary alicyclic amines) is 1. The van der Waals surface area contributed by atoms with E-state index >= 15 is 0 Å². The maximum atomic E-state index is 12.0. The molecule has 0 aromatic heterocycles. The second-order valence-corrected chi connectivity index (χ2v) is 8.57. The van der Waals surface area contributed by atoms with Crippen LogP contribution in [0.3, 0.4) is 0 Å². The lowest BCUT2D eigenvalue weighted by atomic mass is 10.0. The molecule has 0 saturated carbocycles. The van der Waals surface area contributed by atoms with Crippen LogP contribution in [-0.4, -0.2) is 92.5 Å². The minimum atomic E-state index is -0.694. The number of hydroxylamine groups is 1. The molecule has 2 aliphatic rings. The summed E-state index contributed by atoms with van der Waals surface area (Å²) >= 11 is 0. The number of amides is 2. The van der Waals surface area contributed by atoms with Gasteiger partial charge in [-0.05, 0) is 45.5 Å². The summed E-state index contributed by atoms with van der Waals surface area (Å²) in [5.41, 5.74) is 1.03. The molecule has 1 unspecified atom stereocenters. The van der Waals surface area contributed by atoms with Crippen LogP contribution in [0.15, 0.2) is 18.2 Å². The molecule has 32 heavy (non-hydrogen) atoms. The molecule has 0 radical (unpaired) electrons. The number of nitrogens with one attached hydrogen (secondary N) is 1. The van der Waals surface area contributed by atoms with Gasteiger partial charge in [0, 0.05) is 49.9 Å². The number of piperidine rings is 1. The quantitative estimate of drug-likeness (QED) is 0.572. The number of hydrogen-bond donors (Lipinski definition) is 2. The number of β-amino-alcohol motifs (C(OH)–C–C–N with tert-alkyl or cyclic N) is 1. The zero-order valence-electron chi connectivity index (χ0n) is 18.8. The molecule has 0 aliphatic carbocycles. The SMILES string of the molecule is CN(C)CCOC(=O)NC1CCN(CC(O)COc2cccc3c2CCC(=O)N3[O-])CC1. The van der Waals surface area contributed by atoms with Gasteiger partial charge in [-0.15, -0.1) is 0 Å². The van der Waals surface area contributed by atoms with Crippen LogP contribution in [0.2, 0.25) is 0 Å². The first-order valence-corrected chi connectivity index (χ1v) is 11.1. The van der Waals surface area contributed by atoms with Crippen LogP contribution in [0.1, 0.15) is 24.8 Å². The molecule has 1 aromatic carbocycles. The number of aliphatic hydroxyl groups is 1. The van der Waals surface area contributed by atoms with Gasteiger partial charge in [-0.25, -0.2) is 4.79 Å². The van der Waals surface area contributed by atoms with Gasteiger partial charge in [-0.1, -0.05) is 6.07 Å². The number of aliphatic hydroxyl groups excluding tert-OH is 1. The summed E-state index contributed by atoms with van der Waals surface area (Å²) < 4.78 is 11.0. The average Bonchev–Trinajstić information content (AvgIpc) is 2.76. The van der Waals surface area contributed by atoms with Crippen LogP contribution in [0.25, 0.3) is 0 Å². The van der Waals surface area contributed by atoms with Crippen LogP contribution in [0.4, 0.5) is 10.5 Å². The highest BCUT2D eigenvalue weighted by atomic mass is 16.5. The van der Waals surface area contributed by atoms with Crippen LogP contribution in [0, 0.1) is 5.21 Å². The summed E-state index contributed by atoms with van der Waals surface area (Å²) in [5, 5.41) is 25.7. The number of anilines is 1. The van der Waals surface area contributed by atoms with Gasteiger partial charge >= 0.3 is 6.09 Å². The van der Waals surface area contributed by atoms with E-state index in [1.165, 1.54) is 0 Å². The van der Waals surface area contributed by atoms with Crippen molar-refractivity contribution < 1.29 is 24.2 Å². The zero-order chi connectivity index (χ0) is 23.1. The highest BCUT2D eigenvalue weighted by Crippen LogP contribution is 2.34. The van der Waals surface area contributed by atoms with Crippen LogP contribution >= 0.6 is 0 Å². The summed E-state index contributed by atoms with van der Waals surface area (Å²) in [6.45, 7) is 3.12. The van der Waals surface area contributed by atoms with Gasteiger partial charge in [0.15, 0.2) is 0 Å². The lowest BCUT2D eigenvalue weighted by molar-refractivity contribution is -0.118. The van der Waals surface area contributed by atoms with E-state index in [-0.39, 0.29) is 25.2 Å². The van der Waals surface area contributed by atoms with Crippen molar-refractivity contribution in [3.05, 3.63) is 29.0 Å². The molecule has 2 amide bonds. The number of benzene rings is 1. The summed E-state index contributed by atoms with van der Waals surface area (Å²) in [6.07, 6.45) is 1.11. The number of nitrogens with zero attached hydrogens (tertiary/aromatic N) is 3. The van der Waals surface area contributed by atoms with Gasteiger partial charge < -0.3 is 40.0 Å². The topological polar surface area (TPSA) is 118 Å². The fraction of sp³-hybridized carbons (Fsp3) is 0.636. The molecule has 178 valence electrons. The Morgan fingerprint density at radius 1 is 1.31 bits per heavy atom. The van der Waals surface area contributed by atoms with E-state index in [9.17, 15) is 19.9 Å². The van der Waals surface area contributed by atoms with Crippen molar-refractivity contribution >= 4 is 17.7 Å². The monoisotopic (exact) mass is 449 g/mol. The Bertz CT molecular complexity index is 782. The third kappa shape index (κ3) is 6.80. The largest absolute Gasteiger partial charge is 0.752 e. The van der Waals surface area contributed by atoms with Crippen LogP contribution < -0.4 is 15.1 Å². The van der Waals surface area contributed by atoms with E-state index in [4.69, 9.17) is 9.47 Å². The first kappa shape index (κ1) is 24.2. The molecule has 1 atom stereocenters. The van der Waals surface area contributed by atoms with E-state index in [0.29, 0.717) is 48.2 Å². The number of rotatable bonds is 9. The Hall–Kier alpha value is -2.40. The minimum Gasteiger partial charge on any atom is -0.752 e. The highest BCUT2D eigenvalue weighted by molar-refractivity contribution is 5.97. The number of likely N-dealkylation sites (N-methyl/N-ethyl adjacent to an activating group) is 1. The van der Waals surface area contributed by atoms with Crippen molar-refractivity contribution in [1.29, 1.82) is 0 Å². The molecule has 2 heterocycles. The molecule has 1 aromatic rings. The first-order valence-electron chi connectivity index (χ1n) is 11.1. The maximum absolute atomic E-state index is 12.0. The predicted molar refractivity (Wildman–Crippen MR) is 120 cm³/mol. The van der Waals surface area contributed by atoms with Crippen molar-refractivity contribution in [3.63, 3.8) is 0 Å². The van der Waals surface area contributed by atoms with Gasteiger partial charge in [-0.2, -0.15) is 0 Å². The van der Waals surface area contributed by atoms with Crippen LogP contribution in [0.5, 0.6) is 5.75 Å². The molecule has 10 nitrogen and oxygen atoms in total. The van der Waals surface area contributed by atoms with E-state index in [1.54, 1.807) is 18.2 Å². The summed E-state index contributed by atoms with van der Waals surface area (Å²) in [7, 11) is 3.85. The van der Waals surface area contributed by atoms with Crippen molar-refractivity contribution in [1.82, 2.24) is 15.1 Å². The molecule has 2 aliphatic heterocycles. The smallest absolute Gasteiger partial charge is 0.407 e. The Morgan fingerprint density at radius 3 is 2.78 bits per heavy atom. The van der Waals surface area contributed by atoms with E-state index in [2.05, 4.69) is 10.2 Å². The Balaban J connectivity index is 1.38. The molecular formula is C22H33N4O6-. The number of fused-ring (bicyclic) bond motifs is 1. The number of alkyl carbamates (subject to hydrolysis) is 1. The summed E-state index contributed by atoms with van der Waals surface area (Å²) in [4.78, 5) is 27.5. The lowest BCUT2D eigenvalue weighted by Gasteiger charge is -2.35. The average molecular weight is 450 g/mol. The van der Waals surface area contributed by atoms with Crippen molar-refractivity contribution in [3.8, 4) is 5.75 Å². The van der Waals surface area contributed by atoms with Crippen LogP contribution in [-0.2, 0) is 16.0 Å². The van der Waals surface area contributed by atoms with Gasteiger partial charge in [0.05, 0.1) is 0 Å². The zero-order valence-corrected chi connectivity index (χ0v) is 18.8. The number of carbonyl (C=O) groups is 2. The number of hydrogen-bond acceptors (Lipinski definition) is 8.